The van der Waals surface area contributed by atoms with Crippen molar-refractivity contribution in [2.75, 3.05) is 6.54 Å². The van der Waals surface area contributed by atoms with Crippen LogP contribution in [0.1, 0.15) is 44.6 Å². The van der Waals surface area contributed by atoms with Gasteiger partial charge in [0.15, 0.2) is 0 Å². The van der Waals surface area contributed by atoms with E-state index in [9.17, 15) is 19.1 Å². The van der Waals surface area contributed by atoms with Crippen LogP contribution in [0.3, 0.4) is 0 Å². The van der Waals surface area contributed by atoms with E-state index in [0.717, 1.165) is 37.7 Å². The van der Waals surface area contributed by atoms with E-state index in [1.54, 1.807) is 12.1 Å². The molecule has 0 aromatic heterocycles. The number of carbonyl (C=O) groups excluding carboxylic acids is 2. The third-order valence-electron chi connectivity index (χ3n) is 5.38. The van der Waals surface area contributed by atoms with Crippen molar-refractivity contribution in [1.29, 1.82) is 0 Å². The molecule has 2 amide bonds. The van der Waals surface area contributed by atoms with Crippen molar-refractivity contribution in [3.63, 3.8) is 0 Å². The third-order valence-corrected chi connectivity index (χ3v) is 5.38. The molecule has 0 saturated heterocycles. The van der Waals surface area contributed by atoms with Crippen LogP contribution in [0.5, 0.6) is 0 Å². The number of rotatable bonds is 7. The summed E-state index contributed by atoms with van der Waals surface area (Å²) in [7, 11) is 0. The number of hydrogen-bond donors (Lipinski definition) is 3. The molecule has 2 aliphatic rings. The van der Waals surface area contributed by atoms with Crippen LogP contribution in [-0.4, -0.2) is 35.6 Å². The van der Waals surface area contributed by atoms with Gasteiger partial charge in [-0.3, -0.25) is 9.59 Å². The molecule has 1 aromatic rings. The molecule has 0 bridgehead atoms. The largest absolute Gasteiger partial charge is 0.391 e. The molecule has 0 spiro atoms. The molecular formula is C19H25FN2O3. The van der Waals surface area contributed by atoms with Crippen molar-refractivity contribution < 1.29 is 19.1 Å². The summed E-state index contributed by atoms with van der Waals surface area (Å²) in [6.45, 7) is 1.91. The van der Waals surface area contributed by atoms with Crippen LogP contribution in [-0.2, 0) is 15.0 Å². The lowest BCUT2D eigenvalue weighted by atomic mass is 9.64. The van der Waals surface area contributed by atoms with Crippen molar-refractivity contribution in [3.05, 3.63) is 35.6 Å². The van der Waals surface area contributed by atoms with Crippen LogP contribution in [0, 0.1) is 11.7 Å². The van der Waals surface area contributed by atoms with Crippen molar-refractivity contribution in [3.8, 4) is 0 Å². The summed E-state index contributed by atoms with van der Waals surface area (Å²) in [5.74, 6) is -0.846. The molecule has 136 valence electrons. The number of nitrogens with one attached hydrogen (secondary N) is 2. The fourth-order valence-corrected chi connectivity index (χ4v) is 3.36. The molecule has 3 N–H and O–H groups in total. The van der Waals surface area contributed by atoms with E-state index in [1.807, 2.05) is 0 Å². The van der Waals surface area contributed by atoms with Crippen molar-refractivity contribution in [2.24, 2.45) is 5.92 Å². The number of halogens is 1. The van der Waals surface area contributed by atoms with Gasteiger partial charge in [-0.05, 0) is 50.3 Å². The topological polar surface area (TPSA) is 78.4 Å². The Hall–Kier alpha value is -1.95. The zero-order valence-corrected chi connectivity index (χ0v) is 14.4. The second kappa shape index (κ2) is 7.12. The Bertz CT molecular complexity index is 637. The van der Waals surface area contributed by atoms with E-state index in [0.29, 0.717) is 6.54 Å². The normalized spacial score (nSPS) is 20.9. The Morgan fingerprint density at radius 3 is 2.40 bits per heavy atom. The highest BCUT2D eigenvalue weighted by Gasteiger charge is 2.40. The zero-order valence-electron chi connectivity index (χ0n) is 14.4. The van der Waals surface area contributed by atoms with Gasteiger partial charge < -0.3 is 15.7 Å². The summed E-state index contributed by atoms with van der Waals surface area (Å²) < 4.78 is 13.2. The molecule has 2 fully saturated rings. The maximum atomic E-state index is 13.2. The van der Waals surface area contributed by atoms with Gasteiger partial charge in [0, 0.05) is 17.9 Å². The number of hydrogen-bond acceptors (Lipinski definition) is 3. The quantitative estimate of drug-likeness (QED) is 0.701. The van der Waals surface area contributed by atoms with Crippen LogP contribution in [0.2, 0.25) is 0 Å². The highest BCUT2D eigenvalue weighted by molar-refractivity contribution is 5.89. The second-order valence-electron chi connectivity index (χ2n) is 7.36. The number of benzene rings is 1. The number of aliphatic hydroxyl groups excluding tert-OH is 1. The molecule has 25 heavy (non-hydrogen) atoms. The summed E-state index contributed by atoms with van der Waals surface area (Å²) >= 11 is 0. The molecule has 2 atom stereocenters. The maximum absolute atomic E-state index is 13.2. The predicted molar refractivity (Wildman–Crippen MR) is 91.3 cm³/mol. The molecule has 0 radical (unpaired) electrons. The summed E-state index contributed by atoms with van der Waals surface area (Å²) in [5.41, 5.74) is 0.823. The summed E-state index contributed by atoms with van der Waals surface area (Å²) in [4.78, 5) is 24.4. The average molecular weight is 348 g/mol. The minimum absolute atomic E-state index is 0.0220. The van der Waals surface area contributed by atoms with E-state index in [1.165, 1.54) is 19.1 Å². The molecule has 0 aliphatic heterocycles. The lowest BCUT2D eigenvalue weighted by Gasteiger charge is -2.43. The van der Waals surface area contributed by atoms with Crippen molar-refractivity contribution in [2.45, 2.75) is 56.6 Å². The molecule has 2 saturated carbocycles. The van der Waals surface area contributed by atoms with Crippen LogP contribution in [0.25, 0.3) is 0 Å². The fraction of sp³-hybridized carbons (Fsp3) is 0.579. The Kier molecular flexibility index (Phi) is 5.08. The molecule has 3 rings (SSSR count). The van der Waals surface area contributed by atoms with E-state index < -0.39 is 12.1 Å². The van der Waals surface area contributed by atoms with Gasteiger partial charge in [0.05, 0.1) is 6.10 Å². The highest BCUT2D eigenvalue weighted by atomic mass is 19.1. The zero-order chi connectivity index (χ0) is 18.0. The number of carbonyl (C=O) groups is 2. The van der Waals surface area contributed by atoms with Crippen molar-refractivity contribution >= 4 is 11.8 Å². The van der Waals surface area contributed by atoms with Crippen molar-refractivity contribution in [1.82, 2.24) is 10.6 Å². The minimum Gasteiger partial charge on any atom is -0.391 e. The smallest absolute Gasteiger partial charge is 0.245 e. The highest BCUT2D eigenvalue weighted by Crippen LogP contribution is 2.43. The van der Waals surface area contributed by atoms with Gasteiger partial charge in [0.25, 0.3) is 0 Å². The maximum Gasteiger partial charge on any atom is 0.245 e. The second-order valence-corrected chi connectivity index (χ2v) is 7.36. The fourth-order valence-electron chi connectivity index (χ4n) is 3.36. The number of amides is 2. The molecule has 1 aromatic carbocycles. The van der Waals surface area contributed by atoms with E-state index in [2.05, 4.69) is 10.6 Å². The van der Waals surface area contributed by atoms with Gasteiger partial charge in [0.1, 0.15) is 11.9 Å². The van der Waals surface area contributed by atoms with E-state index in [-0.39, 0.29) is 29.0 Å². The van der Waals surface area contributed by atoms with E-state index in [4.69, 9.17) is 0 Å². The first-order valence-electron chi connectivity index (χ1n) is 8.93. The molecule has 0 heterocycles. The first-order valence-corrected chi connectivity index (χ1v) is 8.93. The Balaban J connectivity index is 1.62. The Labute approximate surface area is 147 Å². The SMILES string of the molecule is CC(O)C(NC(=O)C1CC1)C(=O)NCC1(c2ccc(F)cc2)CCC1. The van der Waals surface area contributed by atoms with Crippen LogP contribution < -0.4 is 10.6 Å². The molecule has 5 nitrogen and oxygen atoms in total. The molecule has 2 aliphatic carbocycles. The predicted octanol–water partition coefficient (Wildman–Crippen LogP) is 1.64. The minimum atomic E-state index is -0.967. The molecular weight excluding hydrogens is 323 g/mol. The Morgan fingerprint density at radius 1 is 1.28 bits per heavy atom. The van der Waals surface area contributed by atoms with Crippen LogP contribution in [0.15, 0.2) is 24.3 Å². The third kappa shape index (κ3) is 4.00. The van der Waals surface area contributed by atoms with Crippen LogP contribution in [0.4, 0.5) is 4.39 Å². The van der Waals surface area contributed by atoms with Gasteiger partial charge >= 0.3 is 0 Å². The summed E-state index contributed by atoms with van der Waals surface area (Å²) in [5, 5.41) is 15.4. The Morgan fingerprint density at radius 2 is 1.92 bits per heavy atom. The lowest BCUT2D eigenvalue weighted by molar-refractivity contribution is -0.132. The first-order chi connectivity index (χ1) is 11.9. The lowest BCUT2D eigenvalue weighted by Crippen LogP contribution is -2.55. The average Bonchev–Trinajstić information content (AvgIpc) is 3.37. The van der Waals surface area contributed by atoms with Gasteiger partial charge in [-0.15, -0.1) is 0 Å². The van der Waals surface area contributed by atoms with Gasteiger partial charge in [-0.25, -0.2) is 4.39 Å². The standard InChI is InChI=1S/C19H25FN2O3/c1-12(23)16(22-17(24)13-3-4-13)18(25)21-11-19(9-2-10-19)14-5-7-15(20)8-6-14/h5-8,12-13,16,23H,2-4,9-11H2,1H3,(H,21,25)(H,22,24). The molecule has 2 unspecified atom stereocenters. The van der Waals surface area contributed by atoms with Gasteiger partial charge in [-0.2, -0.15) is 0 Å². The van der Waals surface area contributed by atoms with E-state index >= 15 is 0 Å². The first kappa shape index (κ1) is 17.9. The monoisotopic (exact) mass is 348 g/mol. The molecule has 6 heteroatoms. The van der Waals surface area contributed by atoms with Gasteiger partial charge in [0.2, 0.25) is 11.8 Å². The van der Waals surface area contributed by atoms with Crippen LogP contribution >= 0.6 is 0 Å². The number of aliphatic hydroxyl groups is 1. The van der Waals surface area contributed by atoms with Gasteiger partial charge in [-0.1, -0.05) is 18.6 Å². The summed E-state index contributed by atoms with van der Waals surface area (Å²) in [6, 6.07) is 5.46. The summed E-state index contributed by atoms with van der Waals surface area (Å²) in [6.07, 6.45) is 3.62.